The molecule has 3 N–H and O–H groups in total. The molecule has 0 radical (unpaired) electrons. The molecule has 0 bridgehead atoms. The highest BCUT2D eigenvalue weighted by Crippen LogP contribution is 2.15. The molecule has 1 aromatic carbocycles. The second-order valence-electron chi connectivity index (χ2n) is 5.22. The van der Waals surface area contributed by atoms with E-state index in [1.807, 2.05) is 13.8 Å². The van der Waals surface area contributed by atoms with Gasteiger partial charge in [0.25, 0.3) is 5.91 Å². The van der Waals surface area contributed by atoms with E-state index in [1.54, 1.807) is 36.3 Å². The molecule has 0 aliphatic rings. The van der Waals surface area contributed by atoms with Crippen molar-refractivity contribution in [3.8, 4) is 5.75 Å². The van der Waals surface area contributed by atoms with Crippen LogP contribution in [0.1, 0.15) is 30.6 Å². The third-order valence-corrected chi connectivity index (χ3v) is 2.96. The van der Waals surface area contributed by atoms with Crippen molar-refractivity contribution in [2.24, 2.45) is 16.8 Å². The Labute approximate surface area is 125 Å². The fraction of sp³-hybridized carbons (Fsp3) is 0.467. The molecule has 6 nitrogen and oxygen atoms in total. The summed E-state index contributed by atoms with van der Waals surface area (Å²) in [6.45, 7) is 5.09. The van der Waals surface area contributed by atoms with Crippen LogP contribution in [0, 0.1) is 5.92 Å². The number of hydrogen-bond acceptors (Lipinski definition) is 4. The second kappa shape index (κ2) is 8.14. The quantitative estimate of drug-likeness (QED) is 0.348. The van der Waals surface area contributed by atoms with E-state index in [0.29, 0.717) is 36.7 Å². The van der Waals surface area contributed by atoms with Crippen molar-refractivity contribution in [1.82, 2.24) is 4.90 Å². The number of rotatable bonds is 7. The van der Waals surface area contributed by atoms with Gasteiger partial charge in [0.05, 0.1) is 7.11 Å². The minimum absolute atomic E-state index is 0.0895. The normalized spacial score (nSPS) is 11.5. The van der Waals surface area contributed by atoms with Crippen molar-refractivity contribution in [1.29, 1.82) is 0 Å². The maximum atomic E-state index is 12.6. The lowest BCUT2D eigenvalue weighted by Gasteiger charge is -2.24. The molecule has 1 aromatic rings. The first-order valence-corrected chi connectivity index (χ1v) is 6.87. The van der Waals surface area contributed by atoms with Crippen LogP contribution in [-0.4, -0.2) is 42.0 Å². The number of methoxy groups -OCH3 is 1. The summed E-state index contributed by atoms with van der Waals surface area (Å²) < 4.78 is 5.14. The number of carbonyl (C=O) groups is 1. The van der Waals surface area contributed by atoms with Gasteiger partial charge in [-0.3, -0.25) is 4.79 Å². The highest BCUT2D eigenvalue weighted by Gasteiger charge is 2.17. The average Bonchev–Trinajstić information content (AvgIpc) is 2.49. The van der Waals surface area contributed by atoms with Crippen molar-refractivity contribution in [2.45, 2.75) is 20.3 Å². The van der Waals surface area contributed by atoms with E-state index in [2.05, 4.69) is 5.16 Å². The van der Waals surface area contributed by atoms with Crippen LogP contribution < -0.4 is 10.5 Å². The van der Waals surface area contributed by atoms with Crippen LogP contribution in [0.25, 0.3) is 0 Å². The van der Waals surface area contributed by atoms with Crippen molar-refractivity contribution < 1.29 is 14.7 Å². The van der Waals surface area contributed by atoms with Gasteiger partial charge in [0.1, 0.15) is 11.6 Å². The van der Waals surface area contributed by atoms with Gasteiger partial charge in [-0.25, -0.2) is 0 Å². The standard InChI is InChI=1S/C15H23N3O3/c1-11(2)10-18(8-7-14(16)17-20)15(19)12-5-4-6-13(9-12)21-3/h4-6,9,11,20H,7-8,10H2,1-3H3,(H2,16,17). The van der Waals surface area contributed by atoms with Gasteiger partial charge in [0.2, 0.25) is 0 Å². The van der Waals surface area contributed by atoms with Gasteiger partial charge in [-0.2, -0.15) is 0 Å². The van der Waals surface area contributed by atoms with Crippen LogP contribution in [0.15, 0.2) is 29.4 Å². The van der Waals surface area contributed by atoms with Crippen molar-refractivity contribution in [2.75, 3.05) is 20.2 Å². The molecule has 0 fully saturated rings. The number of hydrogen-bond donors (Lipinski definition) is 2. The Morgan fingerprint density at radius 2 is 2.19 bits per heavy atom. The first kappa shape index (κ1) is 16.8. The molecule has 0 heterocycles. The minimum atomic E-state index is -0.0895. The third-order valence-electron chi connectivity index (χ3n) is 2.96. The predicted molar refractivity (Wildman–Crippen MR) is 81.8 cm³/mol. The van der Waals surface area contributed by atoms with Gasteiger partial charge in [0.15, 0.2) is 0 Å². The minimum Gasteiger partial charge on any atom is -0.497 e. The molecule has 0 aromatic heterocycles. The molecular formula is C15H23N3O3. The Kier molecular flexibility index (Phi) is 6.52. The van der Waals surface area contributed by atoms with Gasteiger partial charge >= 0.3 is 0 Å². The monoisotopic (exact) mass is 293 g/mol. The molecule has 0 saturated carbocycles. The topological polar surface area (TPSA) is 88.2 Å². The first-order valence-electron chi connectivity index (χ1n) is 6.87. The lowest BCUT2D eigenvalue weighted by molar-refractivity contribution is 0.0740. The van der Waals surface area contributed by atoms with E-state index < -0.39 is 0 Å². The number of oxime groups is 1. The van der Waals surface area contributed by atoms with Crippen LogP contribution in [-0.2, 0) is 0 Å². The van der Waals surface area contributed by atoms with E-state index >= 15 is 0 Å². The van der Waals surface area contributed by atoms with Crippen LogP contribution in [0.5, 0.6) is 5.75 Å². The highest BCUT2D eigenvalue weighted by atomic mass is 16.5. The largest absolute Gasteiger partial charge is 0.497 e. The highest BCUT2D eigenvalue weighted by molar-refractivity contribution is 5.95. The Balaban J connectivity index is 2.87. The predicted octanol–water partition coefficient (Wildman–Crippen LogP) is 1.93. The fourth-order valence-electron chi connectivity index (χ4n) is 1.95. The summed E-state index contributed by atoms with van der Waals surface area (Å²) in [5.74, 6) is 0.990. The molecule has 6 heteroatoms. The second-order valence-corrected chi connectivity index (χ2v) is 5.22. The van der Waals surface area contributed by atoms with Crippen molar-refractivity contribution >= 4 is 11.7 Å². The SMILES string of the molecule is COc1cccc(C(=O)N(CCC(N)=NO)CC(C)C)c1. The summed E-state index contributed by atoms with van der Waals surface area (Å²) in [7, 11) is 1.56. The molecular weight excluding hydrogens is 270 g/mol. The maximum Gasteiger partial charge on any atom is 0.254 e. The van der Waals surface area contributed by atoms with E-state index in [-0.39, 0.29) is 11.7 Å². The molecule has 0 aliphatic carbocycles. The lowest BCUT2D eigenvalue weighted by Crippen LogP contribution is -2.36. The van der Waals surface area contributed by atoms with Gasteiger partial charge in [0, 0.05) is 25.1 Å². The Hall–Kier alpha value is -2.24. The number of nitrogens with two attached hydrogens (primary N) is 1. The Morgan fingerprint density at radius 1 is 1.48 bits per heavy atom. The van der Waals surface area contributed by atoms with E-state index in [1.165, 1.54) is 0 Å². The zero-order valence-corrected chi connectivity index (χ0v) is 12.7. The van der Waals surface area contributed by atoms with Gasteiger partial charge in [-0.1, -0.05) is 25.1 Å². The zero-order valence-electron chi connectivity index (χ0n) is 12.7. The number of carbonyl (C=O) groups excluding carboxylic acids is 1. The fourth-order valence-corrected chi connectivity index (χ4v) is 1.95. The molecule has 0 unspecified atom stereocenters. The molecule has 0 saturated heterocycles. The van der Waals surface area contributed by atoms with Crippen LogP contribution in [0.4, 0.5) is 0 Å². The van der Waals surface area contributed by atoms with Crippen LogP contribution >= 0.6 is 0 Å². The van der Waals surface area contributed by atoms with Crippen LogP contribution in [0.3, 0.4) is 0 Å². The molecule has 0 aliphatic heterocycles. The molecule has 116 valence electrons. The molecule has 21 heavy (non-hydrogen) atoms. The number of amidine groups is 1. The number of amides is 1. The van der Waals surface area contributed by atoms with Crippen LogP contribution in [0.2, 0.25) is 0 Å². The number of ether oxygens (including phenoxy) is 1. The summed E-state index contributed by atoms with van der Waals surface area (Å²) in [5.41, 5.74) is 6.04. The number of benzene rings is 1. The van der Waals surface area contributed by atoms with Gasteiger partial charge < -0.3 is 20.6 Å². The first-order chi connectivity index (χ1) is 9.97. The lowest BCUT2D eigenvalue weighted by atomic mass is 10.1. The summed E-state index contributed by atoms with van der Waals surface area (Å²) >= 11 is 0. The summed E-state index contributed by atoms with van der Waals surface area (Å²) in [6, 6.07) is 7.03. The third kappa shape index (κ3) is 5.33. The number of nitrogens with zero attached hydrogens (tertiary/aromatic N) is 2. The van der Waals surface area contributed by atoms with Gasteiger partial charge in [-0.05, 0) is 24.1 Å². The molecule has 1 rings (SSSR count). The Morgan fingerprint density at radius 3 is 2.76 bits per heavy atom. The zero-order chi connectivity index (χ0) is 15.8. The van der Waals surface area contributed by atoms with Crippen molar-refractivity contribution in [3.05, 3.63) is 29.8 Å². The Bertz CT molecular complexity index is 501. The van der Waals surface area contributed by atoms with E-state index in [9.17, 15) is 4.79 Å². The summed E-state index contributed by atoms with van der Waals surface area (Å²) in [5, 5.41) is 11.5. The smallest absolute Gasteiger partial charge is 0.254 e. The molecule has 1 amide bonds. The van der Waals surface area contributed by atoms with E-state index in [0.717, 1.165) is 0 Å². The molecule has 0 spiro atoms. The average molecular weight is 293 g/mol. The summed E-state index contributed by atoms with van der Waals surface area (Å²) in [4.78, 5) is 14.3. The summed E-state index contributed by atoms with van der Waals surface area (Å²) in [6.07, 6.45) is 0.332. The maximum absolute atomic E-state index is 12.6. The van der Waals surface area contributed by atoms with E-state index in [4.69, 9.17) is 15.7 Å². The van der Waals surface area contributed by atoms with Crippen molar-refractivity contribution in [3.63, 3.8) is 0 Å². The molecule has 0 atom stereocenters. The van der Waals surface area contributed by atoms with Gasteiger partial charge in [-0.15, -0.1) is 0 Å².